The molecule has 4 rings (SSSR count). The van der Waals surface area contributed by atoms with Gasteiger partial charge in [0, 0.05) is 23.7 Å². The highest BCUT2D eigenvalue weighted by Gasteiger charge is 2.18. The minimum absolute atomic E-state index is 0.830. The van der Waals surface area contributed by atoms with E-state index in [9.17, 15) is 0 Å². The molecule has 4 heterocycles. The quantitative estimate of drug-likeness (QED) is 0.573. The lowest BCUT2D eigenvalue weighted by atomic mass is 10.0. The molecule has 0 radical (unpaired) electrons. The van der Waals surface area contributed by atoms with Crippen LogP contribution in [0.3, 0.4) is 0 Å². The number of hydrogen-bond donors (Lipinski definition) is 1. The van der Waals surface area contributed by atoms with Crippen molar-refractivity contribution in [3.63, 3.8) is 0 Å². The molecule has 21 heavy (non-hydrogen) atoms. The van der Waals surface area contributed by atoms with E-state index >= 15 is 0 Å². The number of aromatic amines is 1. The van der Waals surface area contributed by atoms with Gasteiger partial charge in [-0.1, -0.05) is 6.07 Å². The zero-order valence-corrected chi connectivity index (χ0v) is 11.9. The predicted molar refractivity (Wildman–Crippen MR) is 85.0 cm³/mol. The average Bonchev–Trinajstić information content (AvgIpc) is 3.28. The maximum atomic E-state index is 5.65. The van der Waals surface area contributed by atoms with E-state index < -0.39 is 0 Å². The van der Waals surface area contributed by atoms with Crippen LogP contribution < -0.4 is 0 Å². The van der Waals surface area contributed by atoms with E-state index in [4.69, 9.17) is 4.42 Å². The fraction of sp³-hybridized carbons (Fsp3) is 0. The number of aromatic nitrogens is 2. The molecular formula is C17H12N2OS. The highest BCUT2D eigenvalue weighted by molar-refractivity contribution is 7.13. The molecule has 4 aromatic heterocycles. The Balaban J connectivity index is 2.03. The van der Waals surface area contributed by atoms with Gasteiger partial charge < -0.3 is 9.40 Å². The Morgan fingerprint density at radius 3 is 2.76 bits per heavy atom. The molecule has 0 fully saturated rings. The Bertz CT molecular complexity index is 779. The molecule has 0 aliphatic rings. The molecule has 102 valence electrons. The summed E-state index contributed by atoms with van der Waals surface area (Å²) in [5.74, 6) is 0.830. The molecule has 0 saturated heterocycles. The smallest absolute Gasteiger partial charge is 0.136 e. The Labute approximate surface area is 125 Å². The van der Waals surface area contributed by atoms with Crippen LogP contribution in [0, 0.1) is 0 Å². The highest BCUT2D eigenvalue weighted by atomic mass is 32.1. The van der Waals surface area contributed by atoms with Gasteiger partial charge in [-0.2, -0.15) is 0 Å². The van der Waals surface area contributed by atoms with Crippen LogP contribution in [-0.4, -0.2) is 9.97 Å². The summed E-state index contributed by atoms with van der Waals surface area (Å²) in [5.41, 5.74) is 4.12. The summed E-state index contributed by atoms with van der Waals surface area (Å²) in [6, 6.07) is 14.1. The van der Waals surface area contributed by atoms with Crippen LogP contribution in [0.2, 0.25) is 0 Å². The summed E-state index contributed by atoms with van der Waals surface area (Å²) in [5, 5.41) is 2.06. The third-order valence-electron chi connectivity index (χ3n) is 3.36. The molecule has 0 bridgehead atoms. The summed E-state index contributed by atoms with van der Waals surface area (Å²) >= 11 is 1.68. The molecule has 0 aromatic carbocycles. The molecule has 0 spiro atoms. The lowest BCUT2D eigenvalue weighted by Crippen LogP contribution is -1.91. The molecule has 4 aromatic rings. The van der Waals surface area contributed by atoms with Crippen molar-refractivity contribution in [1.29, 1.82) is 0 Å². The van der Waals surface area contributed by atoms with Gasteiger partial charge in [-0.15, -0.1) is 11.3 Å². The van der Waals surface area contributed by atoms with Crippen molar-refractivity contribution >= 4 is 11.3 Å². The molecule has 3 nitrogen and oxygen atoms in total. The first kappa shape index (κ1) is 12.2. The van der Waals surface area contributed by atoms with Gasteiger partial charge in [0.1, 0.15) is 5.76 Å². The van der Waals surface area contributed by atoms with Crippen molar-refractivity contribution in [3.05, 3.63) is 66.5 Å². The van der Waals surface area contributed by atoms with Crippen molar-refractivity contribution in [2.24, 2.45) is 0 Å². The second kappa shape index (κ2) is 5.07. The largest absolute Gasteiger partial charge is 0.464 e. The fourth-order valence-corrected chi connectivity index (χ4v) is 3.18. The Kier molecular flexibility index (Phi) is 2.94. The number of thiophene rings is 1. The van der Waals surface area contributed by atoms with Gasteiger partial charge in [-0.05, 0) is 41.8 Å². The number of H-pyrrole nitrogens is 1. The monoisotopic (exact) mass is 292 g/mol. The van der Waals surface area contributed by atoms with Crippen molar-refractivity contribution < 1.29 is 4.42 Å². The minimum Gasteiger partial charge on any atom is -0.464 e. The number of nitrogens with zero attached hydrogens (tertiary/aromatic N) is 1. The molecular weight excluding hydrogens is 280 g/mol. The number of furan rings is 1. The molecule has 0 amide bonds. The zero-order chi connectivity index (χ0) is 14.1. The van der Waals surface area contributed by atoms with Gasteiger partial charge in [-0.25, -0.2) is 0 Å². The van der Waals surface area contributed by atoms with Crippen molar-refractivity contribution in [3.8, 4) is 33.2 Å². The number of rotatable bonds is 3. The first-order valence-electron chi connectivity index (χ1n) is 6.64. The first-order chi connectivity index (χ1) is 10.4. The van der Waals surface area contributed by atoms with E-state index in [1.807, 2.05) is 42.7 Å². The molecule has 0 atom stereocenters. The third-order valence-corrected chi connectivity index (χ3v) is 4.24. The average molecular weight is 292 g/mol. The maximum Gasteiger partial charge on any atom is 0.136 e. The highest BCUT2D eigenvalue weighted by Crippen LogP contribution is 2.39. The van der Waals surface area contributed by atoms with Gasteiger partial charge in [0.05, 0.1) is 22.4 Å². The lowest BCUT2D eigenvalue weighted by Gasteiger charge is -2.10. The van der Waals surface area contributed by atoms with Crippen LogP contribution in [0.5, 0.6) is 0 Å². The summed E-state index contributed by atoms with van der Waals surface area (Å²) in [6.07, 6.45) is 5.46. The van der Waals surface area contributed by atoms with Crippen LogP contribution in [-0.2, 0) is 0 Å². The summed E-state index contributed by atoms with van der Waals surface area (Å²) in [7, 11) is 0. The van der Waals surface area contributed by atoms with Gasteiger partial charge >= 0.3 is 0 Å². The topological polar surface area (TPSA) is 41.8 Å². The summed E-state index contributed by atoms with van der Waals surface area (Å²) in [4.78, 5) is 8.98. The predicted octanol–water partition coefficient (Wildman–Crippen LogP) is 5.07. The van der Waals surface area contributed by atoms with Gasteiger partial charge in [0.25, 0.3) is 0 Å². The molecule has 0 aliphatic carbocycles. The lowest BCUT2D eigenvalue weighted by molar-refractivity contribution is 0.582. The second-order valence-corrected chi connectivity index (χ2v) is 5.57. The maximum absolute atomic E-state index is 5.65. The van der Waals surface area contributed by atoms with Crippen LogP contribution >= 0.6 is 11.3 Å². The van der Waals surface area contributed by atoms with Gasteiger partial charge in [0.2, 0.25) is 0 Å². The minimum atomic E-state index is 0.830. The molecule has 0 unspecified atom stereocenters. The van der Waals surface area contributed by atoms with Gasteiger partial charge in [-0.3, -0.25) is 4.98 Å². The van der Waals surface area contributed by atoms with E-state index in [1.54, 1.807) is 17.6 Å². The van der Waals surface area contributed by atoms with Crippen molar-refractivity contribution in [1.82, 2.24) is 9.97 Å². The normalized spacial score (nSPS) is 10.9. The van der Waals surface area contributed by atoms with E-state index in [2.05, 4.69) is 27.5 Å². The summed E-state index contributed by atoms with van der Waals surface area (Å²) < 4.78 is 5.65. The van der Waals surface area contributed by atoms with Crippen LogP contribution in [0.4, 0.5) is 0 Å². The van der Waals surface area contributed by atoms with E-state index in [0.717, 1.165) is 33.2 Å². The SMILES string of the molecule is c1c[nH]c(-c2ccnc(-c3cccs3)c2-c2ccco2)c1. The number of hydrogen-bond acceptors (Lipinski definition) is 3. The summed E-state index contributed by atoms with van der Waals surface area (Å²) in [6.45, 7) is 0. The Hall–Kier alpha value is -2.59. The van der Waals surface area contributed by atoms with Crippen LogP contribution in [0.25, 0.3) is 33.2 Å². The van der Waals surface area contributed by atoms with E-state index in [1.165, 1.54) is 0 Å². The van der Waals surface area contributed by atoms with E-state index in [0.29, 0.717) is 0 Å². The molecule has 0 saturated carbocycles. The number of nitrogens with one attached hydrogen (secondary N) is 1. The fourth-order valence-electron chi connectivity index (χ4n) is 2.45. The second-order valence-electron chi connectivity index (χ2n) is 4.62. The Morgan fingerprint density at radius 1 is 1.05 bits per heavy atom. The number of pyridine rings is 1. The third kappa shape index (κ3) is 2.10. The molecule has 0 aliphatic heterocycles. The standard InChI is InChI=1S/C17H12N2OS/c1-4-13(18-8-1)12-7-9-19-17(15-6-3-11-21-15)16(12)14-5-2-10-20-14/h1-11,18H. The molecule has 4 heteroatoms. The zero-order valence-electron chi connectivity index (χ0n) is 11.1. The van der Waals surface area contributed by atoms with Crippen LogP contribution in [0.1, 0.15) is 0 Å². The van der Waals surface area contributed by atoms with E-state index in [-0.39, 0.29) is 0 Å². The van der Waals surface area contributed by atoms with Gasteiger partial charge in [0.15, 0.2) is 0 Å². The van der Waals surface area contributed by atoms with Crippen molar-refractivity contribution in [2.75, 3.05) is 0 Å². The Morgan fingerprint density at radius 2 is 2.05 bits per heavy atom. The van der Waals surface area contributed by atoms with Crippen LogP contribution in [0.15, 0.2) is 70.9 Å². The first-order valence-corrected chi connectivity index (χ1v) is 7.52. The molecule has 1 N–H and O–H groups in total. The van der Waals surface area contributed by atoms with Crippen molar-refractivity contribution in [2.45, 2.75) is 0 Å².